The number of rotatable bonds is 3. The van der Waals surface area contributed by atoms with Crippen LogP contribution in [0.1, 0.15) is 0 Å². The number of nitrogens with zero attached hydrogens (tertiary/aromatic N) is 1. The molecule has 0 bridgehead atoms. The molecule has 0 aliphatic carbocycles. The van der Waals surface area contributed by atoms with E-state index in [-0.39, 0.29) is 0 Å². The molecule has 0 aromatic carbocycles. The monoisotopic (exact) mass is 233 g/mol. The van der Waals surface area contributed by atoms with E-state index in [1.54, 1.807) is 0 Å². The average Bonchev–Trinajstić information content (AvgIpc) is 1.61. The molecule has 0 fully saturated rings. The second kappa shape index (κ2) is 5.30. The molecular weight excluding hydrogens is 229 g/mol. The van der Waals surface area contributed by atoms with Crippen LogP contribution in [0.25, 0.3) is 0 Å². The summed E-state index contributed by atoms with van der Waals surface area (Å²) in [6, 6.07) is 0. The van der Waals surface area contributed by atoms with Gasteiger partial charge in [-0.15, -0.1) is 0 Å². The van der Waals surface area contributed by atoms with Gasteiger partial charge in [0.05, 0.1) is 0 Å². The van der Waals surface area contributed by atoms with Crippen molar-refractivity contribution in [2.75, 3.05) is 13.1 Å². The molecule has 0 amide bonds. The molecule has 0 saturated heterocycles. The van der Waals surface area contributed by atoms with Crippen molar-refractivity contribution >= 4 is 23.6 Å². The Morgan fingerprint density at radius 2 is 2.29 bits per heavy atom. The van der Waals surface area contributed by atoms with Gasteiger partial charge >= 0.3 is 64.0 Å². The quantitative estimate of drug-likeness (QED) is 0.570. The van der Waals surface area contributed by atoms with Crippen LogP contribution in [0.3, 0.4) is 0 Å². The van der Waals surface area contributed by atoms with Gasteiger partial charge in [-0.1, -0.05) is 0 Å². The Labute approximate surface area is 64.1 Å². The third-order valence-electron chi connectivity index (χ3n) is 0.362. The van der Waals surface area contributed by atoms with Crippen LogP contribution in [0.2, 0.25) is 0 Å². The van der Waals surface area contributed by atoms with Crippen molar-refractivity contribution in [1.29, 1.82) is 0 Å². The van der Waals surface area contributed by atoms with Crippen LogP contribution in [-0.4, -0.2) is 16.1 Å². The summed E-state index contributed by atoms with van der Waals surface area (Å²) in [6.45, 7) is 1.36. The molecule has 0 spiro atoms. The summed E-state index contributed by atoms with van der Waals surface area (Å²) in [5.41, 5.74) is 0. The van der Waals surface area contributed by atoms with E-state index in [1.807, 2.05) is 0 Å². The van der Waals surface area contributed by atoms with Gasteiger partial charge in [-0.05, 0) is 0 Å². The Bertz CT molecular complexity index is 42.7. The Balaban J connectivity index is 2.68. The first-order valence-electron chi connectivity index (χ1n) is 1.67. The van der Waals surface area contributed by atoms with Crippen LogP contribution in [0.5, 0.6) is 0 Å². The molecule has 0 atom stereocenters. The molecule has 7 heavy (non-hydrogen) atoms. The van der Waals surface area contributed by atoms with Gasteiger partial charge in [0.15, 0.2) is 0 Å². The SMILES string of the molecule is ClNCC[N](Cl)[Pd]. The first kappa shape index (κ1) is 8.16. The zero-order valence-electron chi connectivity index (χ0n) is 3.43. The molecule has 47 valence electrons. The van der Waals surface area contributed by atoms with Gasteiger partial charge in [-0.3, -0.25) is 0 Å². The summed E-state index contributed by atoms with van der Waals surface area (Å²) in [7, 11) is 0. The standard InChI is InChI=1S/C2H5Cl2N2.Pd/c3-5-1-2-6-4;/h5H,1-2H2;/q-1;+1. The van der Waals surface area contributed by atoms with Crippen molar-refractivity contribution in [2.24, 2.45) is 0 Å². The minimum atomic E-state index is 0.672. The molecular formula is C2H5Cl2N2Pd. The van der Waals surface area contributed by atoms with Gasteiger partial charge in [0.25, 0.3) is 0 Å². The van der Waals surface area contributed by atoms with Gasteiger partial charge < -0.3 is 0 Å². The fourth-order valence-electron chi connectivity index (χ4n) is 0.120. The Morgan fingerprint density at radius 3 is 2.43 bits per heavy atom. The molecule has 0 rings (SSSR count). The summed E-state index contributed by atoms with van der Waals surface area (Å²) < 4.78 is 1.39. The third-order valence-corrected chi connectivity index (χ3v) is 1.07. The molecule has 0 aliphatic rings. The minimum absolute atomic E-state index is 0.672. The van der Waals surface area contributed by atoms with Crippen LogP contribution >= 0.6 is 23.6 Å². The summed E-state index contributed by atoms with van der Waals surface area (Å²) >= 11 is 13.2. The van der Waals surface area contributed by atoms with Gasteiger partial charge in [0, 0.05) is 0 Å². The summed E-state index contributed by atoms with van der Waals surface area (Å²) in [4.78, 5) is 2.42. The predicted octanol–water partition coefficient (Wildman–Crippen LogP) is 0.647. The first-order chi connectivity index (χ1) is 3.27. The molecule has 0 radical (unpaired) electrons. The number of halogens is 2. The van der Waals surface area contributed by atoms with E-state index in [9.17, 15) is 0 Å². The van der Waals surface area contributed by atoms with E-state index in [4.69, 9.17) is 23.6 Å². The van der Waals surface area contributed by atoms with Gasteiger partial charge in [-0.2, -0.15) is 0 Å². The molecule has 0 heterocycles. The zero-order chi connectivity index (χ0) is 5.70. The maximum atomic E-state index is 5.32. The molecule has 1 N–H and O–H groups in total. The van der Waals surface area contributed by atoms with Gasteiger partial charge in [0.2, 0.25) is 0 Å². The normalized spacial score (nSPS) is 10.4. The van der Waals surface area contributed by atoms with E-state index in [0.717, 1.165) is 0 Å². The van der Waals surface area contributed by atoms with E-state index in [0.29, 0.717) is 13.1 Å². The molecule has 0 aromatic heterocycles. The summed E-state index contributed by atoms with van der Waals surface area (Å²) in [5, 5.41) is 0. The van der Waals surface area contributed by atoms with E-state index in [1.165, 1.54) is 3.05 Å². The van der Waals surface area contributed by atoms with Crippen LogP contribution in [-0.2, 0) is 19.4 Å². The van der Waals surface area contributed by atoms with E-state index < -0.39 is 0 Å². The van der Waals surface area contributed by atoms with Crippen molar-refractivity contribution < 1.29 is 19.4 Å². The number of nitrogens with one attached hydrogen (secondary N) is 1. The second-order valence-electron chi connectivity index (χ2n) is 0.880. The molecule has 0 saturated carbocycles. The van der Waals surface area contributed by atoms with Crippen molar-refractivity contribution in [3.63, 3.8) is 0 Å². The zero-order valence-corrected chi connectivity index (χ0v) is 6.50. The Hall–Kier alpha value is 1.16. The molecule has 5 heteroatoms. The van der Waals surface area contributed by atoms with Crippen LogP contribution in [0, 0.1) is 0 Å². The molecule has 0 unspecified atom stereocenters. The summed E-state index contributed by atoms with van der Waals surface area (Å²) in [6.07, 6.45) is 0. The van der Waals surface area contributed by atoms with Crippen molar-refractivity contribution in [2.45, 2.75) is 0 Å². The van der Waals surface area contributed by atoms with Crippen molar-refractivity contribution in [1.82, 2.24) is 7.89 Å². The third kappa shape index (κ3) is 7.16. The van der Waals surface area contributed by atoms with E-state index >= 15 is 0 Å². The summed E-state index contributed by atoms with van der Waals surface area (Å²) in [5.74, 6) is 0. The Morgan fingerprint density at radius 1 is 1.71 bits per heavy atom. The number of hydrogen-bond donors (Lipinski definition) is 1. The Kier molecular flexibility index (Phi) is 6.18. The van der Waals surface area contributed by atoms with Crippen LogP contribution < -0.4 is 4.84 Å². The molecule has 0 aromatic rings. The topological polar surface area (TPSA) is 15.3 Å². The van der Waals surface area contributed by atoms with Crippen molar-refractivity contribution in [3.8, 4) is 0 Å². The van der Waals surface area contributed by atoms with E-state index in [2.05, 4.69) is 24.3 Å². The predicted molar refractivity (Wildman–Crippen MR) is 26.4 cm³/mol. The second-order valence-corrected chi connectivity index (χ2v) is 2.77. The molecule has 2 nitrogen and oxygen atoms in total. The van der Waals surface area contributed by atoms with Crippen LogP contribution in [0.15, 0.2) is 0 Å². The maximum absolute atomic E-state index is 5.32. The first-order valence-corrected chi connectivity index (χ1v) is 3.08. The van der Waals surface area contributed by atoms with Crippen LogP contribution in [0.4, 0.5) is 0 Å². The fraction of sp³-hybridized carbons (Fsp3) is 1.00. The molecule has 0 aliphatic heterocycles. The average molecular weight is 234 g/mol. The van der Waals surface area contributed by atoms with Gasteiger partial charge in [-0.25, -0.2) is 0 Å². The number of hydrogen-bond acceptors (Lipinski definition) is 2. The van der Waals surface area contributed by atoms with Gasteiger partial charge in [0.1, 0.15) is 0 Å². The fourth-order valence-corrected chi connectivity index (χ4v) is 0.463. The van der Waals surface area contributed by atoms with Crippen molar-refractivity contribution in [3.05, 3.63) is 0 Å².